The quantitative estimate of drug-likeness (QED) is 0.605. The minimum atomic E-state index is -1.26. The molecular weight excluding hydrogens is 288 g/mol. The number of cyclic esters (lactones) is 1. The predicted molar refractivity (Wildman–Crippen MR) is 74.6 cm³/mol. The van der Waals surface area contributed by atoms with Gasteiger partial charge in [-0.05, 0) is 37.5 Å². The van der Waals surface area contributed by atoms with Crippen LogP contribution in [0.5, 0.6) is 11.5 Å². The molecule has 0 amide bonds. The van der Waals surface area contributed by atoms with Crippen LogP contribution in [0, 0.1) is 5.41 Å². The van der Waals surface area contributed by atoms with E-state index in [1.165, 1.54) is 6.92 Å². The molecule has 1 unspecified atom stereocenters. The number of carbonyl (C=O) groups is 3. The van der Waals surface area contributed by atoms with Crippen LogP contribution in [0.15, 0.2) is 18.2 Å². The summed E-state index contributed by atoms with van der Waals surface area (Å²) in [7, 11) is 0. The predicted octanol–water partition coefficient (Wildman–Crippen LogP) is 1.44. The Morgan fingerprint density at radius 3 is 2.64 bits per heavy atom. The highest BCUT2D eigenvalue weighted by Gasteiger charge is 2.51. The Labute approximate surface area is 127 Å². The van der Waals surface area contributed by atoms with Crippen molar-refractivity contribution in [2.45, 2.75) is 26.2 Å². The van der Waals surface area contributed by atoms with E-state index in [1.54, 1.807) is 18.2 Å². The van der Waals surface area contributed by atoms with Crippen molar-refractivity contribution < 1.29 is 28.6 Å². The maximum atomic E-state index is 12.2. The number of esters is 1. The molecule has 0 spiro atoms. The number of hydrogen-bond acceptors (Lipinski definition) is 6. The molecule has 0 bridgehead atoms. The molecule has 1 saturated heterocycles. The first-order valence-corrected chi connectivity index (χ1v) is 7.10. The zero-order chi connectivity index (χ0) is 15.7. The van der Waals surface area contributed by atoms with Crippen LogP contribution in [-0.2, 0) is 25.5 Å². The number of ether oxygens (including phenoxy) is 3. The highest BCUT2D eigenvalue weighted by atomic mass is 16.7. The van der Waals surface area contributed by atoms with E-state index in [0.29, 0.717) is 11.5 Å². The van der Waals surface area contributed by atoms with Crippen molar-refractivity contribution in [2.75, 3.05) is 13.4 Å². The molecule has 6 heteroatoms. The zero-order valence-electron chi connectivity index (χ0n) is 12.2. The fraction of sp³-hybridized carbons (Fsp3) is 0.438. The third-order valence-electron chi connectivity index (χ3n) is 4.11. The van der Waals surface area contributed by atoms with E-state index in [4.69, 9.17) is 14.2 Å². The van der Waals surface area contributed by atoms with Gasteiger partial charge in [0.05, 0.1) is 0 Å². The van der Waals surface area contributed by atoms with Crippen molar-refractivity contribution in [3.8, 4) is 11.5 Å². The molecule has 0 radical (unpaired) electrons. The number of fused-ring (bicyclic) bond motifs is 1. The summed E-state index contributed by atoms with van der Waals surface area (Å²) in [6, 6.07) is 5.31. The molecule has 1 fully saturated rings. The number of benzene rings is 1. The molecule has 0 aromatic heterocycles. The zero-order valence-corrected chi connectivity index (χ0v) is 12.2. The van der Waals surface area contributed by atoms with Crippen LogP contribution in [0.3, 0.4) is 0 Å². The van der Waals surface area contributed by atoms with Gasteiger partial charge in [0.2, 0.25) is 6.79 Å². The van der Waals surface area contributed by atoms with Crippen molar-refractivity contribution in [2.24, 2.45) is 5.41 Å². The topological polar surface area (TPSA) is 78.9 Å². The molecular formula is C16H16O6. The molecule has 6 nitrogen and oxygen atoms in total. The van der Waals surface area contributed by atoms with Gasteiger partial charge < -0.3 is 19.0 Å². The molecule has 0 N–H and O–H groups in total. The lowest BCUT2D eigenvalue weighted by atomic mass is 9.75. The molecule has 2 aliphatic heterocycles. The lowest BCUT2D eigenvalue weighted by Gasteiger charge is -2.22. The van der Waals surface area contributed by atoms with Gasteiger partial charge in [0.15, 0.2) is 23.9 Å². The second-order valence-electron chi connectivity index (χ2n) is 5.65. The van der Waals surface area contributed by atoms with Crippen molar-refractivity contribution >= 4 is 17.5 Å². The molecule has 2 aliphatic rings. The fourth-order valence-electron chi connectivity index (χ4n) is 2.81. The Kier molecular flexibility index (Phi) is 3.60. The molecule has 1 aromatic rings. The van der Waals surface area contributed by atoms with Crippen LogP contribution >= 0.6 is 0 Å². The van der Waals surface area contributed by atoms with E-state index in [9.17, 15) is 14.4 Å². The summed E-state index contributed by atoms with van der Waals surface area (Å²) in [5.41, 5.74) is -0.487. The first-order valence-electron chi connectivity index (χ1n) is 7.10. The van der Waals surface area contributed by atoms with Crippen LogP contribution in [-0.4, -0.2) is 30.9 Å². The normalized spacial score (nSPS) is 22.8. The van der Waals surface area contributed by atoms with Crippen LogP contribution in [0.1, 0.15) is 25.3 Å². The van der Waals surface area contributed by atoms with E-state index in [-0.39, 0.29) is 44.2 Å². The van der Waals surface area contributed by atoms with Crippen molar-refractivity contribution in [3.05, 3.63) is 23.8 Å². The molecule has 1 atom stereocenters. The molecule has 0 saturated carbocycles. The average Bonchev–Trinajstić information content (AvgIpc) is 3.05. The van der Waals surface area contributed by atoms with Gasteiger partial charge in [-0.15, -0.1) is 0 Å². The minimum absolute atomic E-state index is 0.0578. The second kappa shape index (κ2) is 5.44. The number of rotatable bonds is 5. The van der Waals surface area contributed by atoms with E-state index >= 15 is 0 Å². The average molecular weight is 304 g/mol. The summed E-state index contributed by atoms with van der Waals surface area (Å²) in [5.74, 6) is 0.366. The van der Waals surface area contributed by atoms with Crippen LogP contribution in [0.25, 0.3) is 0 Å². The van der Waals surface area contributed by atoms with Crippen molar-refractivity contribution in [3.63, 3.8) is 0 Å². The Morgan fingerprint density at radius 2 is 1.95 bits per heavy atom. The first-order chi connectivity index (χ1) is 10.5. The van der Waals surface area contributed by atoms with Crippen LogP contribution in [0.4, 0.5) is 0 Å². The van der Waals surface area contributed by atoms with Gasteiger partial charge in [-0.2, -0.15) is 0 Å². The number of Topliss-reactive ketones (excluding diaryl/α,β-unsaturated/α-hetero) is 2. The van der Waals surface area contributed by atoms with E-state index in [0.717, 1.165) is 5.56 Å². The molecule has 3 rings (SSSR count). The van der Waals surface area contributed by atoms with Gasteiger partial charge >= 0.3 is 5.97 Å². The number of ketones is 2. The molecule has 2 heterocycles. The third-order valence-corrected chi connectivity index (χ3v) is 4.11. The van der Waals surface area contributed by atoms with E-state index < -0.39 is 11.4 Å². The summed E-state index contributed by atoms with van der Waals surface area (Å²) >= 11 is 0. The van der Waals surface area contributed by atoms with Crippen molar-refractivity contribution in [1.29, 1.82) is 0 Å². The van der Waals surface area contributed by atoms with Crippen LogP contribution in [0.2, 0.25) is 0 Å². The van der Waals surface area contributed by atoms with Gasteiger partial charge in [0.25, 0.3) is 0 Å². The standard InChI is InChI=1S/C16H16O6/c1-10(17)4-5-16(14(18)8-20-15(16)19)7-11-2-3-12-13(6-11)22-9-21-12/h2-3,6H,4-5,7-9H2,1H3. The highest BCUT2D eigenvalue weighted by Crippen LogP contribution is 2.39. The largest absolute Gasteiger partial charge is 0.457 e. The fourth-order valence-corrected chi connectivity index (χ4v) is 2.81. The minimum Gasteiger partial charge on any atom is -0.457 e. The maximum Gasteiger partial charge on any atom is 0.320 e. The summed E-state index contributed by atoms with van der Waals surface area (Å²) in [5, 5.41) is 0. The molecule has 1 aromatic carbocycles. The van der Waals surface area contributed by atoms with E-state index in [1.807, 2.05) is 0 Å². The third kappa shape index (κ3) is 2.45. The highest BCUT2D eigenvalue weighted by molar-refractivity contribution is 6.09. The Hall–Kier alpha value is -2.37. The number of hydrogen-bond donors (Lipinski definition) is 0. The van der Waals surface area contributed by atoms with Gasteiger partial charge in [0, 0.05) is 6.42 Å². The Bertz CT molecular complexity index is 632. The lowest BCUT2D eigenvalue weighted by molar-refractivity contribution is -0.147. The Morgan fingerprint density at radius 1 is 1.18 bits per heavy atom. The summed E-state index contributed by atoms with van der Waals surface area (Å²) in [4.78, 5) is 35.7. The molecule has 22 heavy (non-hydrogen) atoms. The SMILES string of the molecule is CC(=O)CCC1(Cc2ccc3c(c2)OCO3)C(=O)COC1=O. The van der Waals surface area contributed by atoms with Gasteiger partial charge in [-0.3, -0.25) is 9.59 Å². The van der Waals surface area contributed by atoms with Crippen molar-refractivity contribution in [1.82, 2.24) is 0 Å². The maximum absolute atomic E-state index is 12.2. The molecule has 116 valence electrons. The second-order valence-corrected chi connectivity index (χ2v) is 5.65. The monoisotopic (exact) mass is 304 g/mol. The number of carbonyl (C=O) groups excluding carboxylic acids is 3. The van der Waals surface area contributed by atoms with Gasteiger partial charge in [-0.25, -0.2) is 0 Å². The van der Waals surface area contributed by atoms with Gasteiger partial charge in [0.1, 0.15) is 11.2 Å². The van der Waals surface area contributed by atoms with Crippen LogP contribution < -0.4 is 9.47 Å². The summed E-state index contributed by atoms with van der Waals surface area (Å²) in [6.07, 6.45) is 0.550. The lowest BCUT2D eigenvalue weighted by Crippen LogP contribution is -2.36. The first kappa shape index (κ1) is 14.6. The summed E-state index contributed by atoms with van der Waals surface area (Å²) in [6.45, 7) is 1.38. The molecule has 0 aliphatic carbocycles. The smallest absolute Gasteiger partial charge is 0.320 e. The Balaban J connectivity index is 1.88. The van der Waals surface area contributed by atoms with E-state index in [2.05, 4.69) is 0 Å². The van der Waals surface area contributed by atoms with Gasteiger partial charge in [-0.1, -0.05) is 6.07 Å². The summed E-state index contributed by atoms with van der Waals surface area (Å²) < 4.78 is 15.5.